The molecule has 3 fully saturated rings. The summed E-state index contributed by atoms with van der Waals surface area (Å²) >= 11 is 5.94. The van der Waals surface area contributed by atoms with Crippen LogP contribution in [0.15, 0.2) is 12.4 Å². The lowest BCUT2D eigenvalue weighted by Crippen LogP contribution is -2.43. The number of fused-ring (bicyclic) bond motifs is 10. The van der Waals surface area contributed by atoms with Crippen LogP contribution in [-0.4, -0.2) is 58.9 Å². The van der Waals surface area contributed by atoms with Crippen LogP contribution < -0.4 is 15.4 Å². The lowest BCUT2D eigenvalue weighted by Gasteiger charge is -2.23. The van der Waals surface area contributed by atoms with Gasteiger partial charge in [-0.1, -0.05) is 0 Å². The zero-order chi connectivity index (χ0) is 31.5. The number of hydrogen-bond donors (Lipinski definition) is 4. The Labute approximate surface area is 276 Å². The van der Waals surface area contributed by atoms with Crippen molar-refractivity contribution in [3.8, 4) is 28.8 Å². The van der Waals surface area contributed by atoms with E-state index in [0.29, 0.717) is 6.01 Å². The minimum Gasteiger partial charge on any atom is -0.460 e. The Morgan fingerprint density at radius 3 is 1.81 bits per heavy atom. The smallest absolute Gasteiger partial charge is 0.317 e. The number of amides is 2. The zero-order valence-corrected chi connectivity index (χ0v) is 26.8. The number of nitrogens with zero attached hydrogens (tertiary/aromatic N) is 4. The molecule has 2 amide bonds. The van der Waals surface area contributed by atoms with Gasteiger partial charge in [0.05, 0.1) is 33.9 Å². The van der Waals surface area contributed by atoms with E-state index in [9.17, 15) is 9.59 Å². The third-order valence-corrected chi connectivity index (χ3v) is 11.5. The Bertz CT molecular complexity index is 2020. The lowest BCUT2D eigenvalue weighted by molar-refractivity contribution is 0.0908. The van der Waals surface area contributed by atoms with Crippen LogP contribution in [0.4, 0.5) is 0 Å². The first-order valence-corrected chi connectivity index (χ1v) is 17.4. The minimum atomic E-state index is 0.0166. The molecule has 0 radical (unpaired) electrons. The molecule has 0 saturated heterocycles. The van der Waals surface area contributed by atoms with Crippen molar-refractivity contribution in [2.75, 3.05) is 0 Å². The first kappa shape index (κ1) is 27.8. The lowest BCUT2D eigenvalue weighted by atomic mass is 9.90. The van der Waals surface area contributed by atoms with E-state index in [-0.39, 0.29) is 34.3 Å². The second kappa shape index (κ2) is 9.88. The summed E-state index contributed by atoms with van der Waals surface area (Å²) in [6.45, 7) is 0. The maximum atomic E-state index is 12.7. The Balaban J connectivity index is 0.000000124. The van der Waals surface area contributed by atoms with Crippen LogP contribution in [0.25, 0.3) is 22.8 Å². The molecular formula is C35H35ClN8O3. The monoisotopic (exact) mass is 650 g/mol. The van der Waals surface area contributed by atoms with E-state index >= 15 is 0 Å². The summed E-state index contributed by atoms with van der Waals surface area (Å²) in [6, 6.07) is 0.471. The largest absolute Gasteiger partial charge is 0.460 e. The molecule has 4 aromatic rings. The number of hydrogen-bond acceptors (Lipinski definition) is 7. The van der Waals surface area contributed by atoms with E-state index in [0.717, 1.165) is 145 Å². The van der Waals surface area contributed by atoms with Crippen LogP contribution in [0, 0.1) is 0 Å². The number of halogens is 1. The van der Waals surface area contributed by atoms with Crippen LogP contribution in [-0.2, 0) is 38.5 Å². The van der Waals surface area contributed by atoms with Crippen molar-refractivity contribution in [1.82, 2.24) is 40.5 Å². The van der Waals surface area contributed by atoms with Gasteiger partial charge in [0.1, 0.15) is 6.10 Å². The molecule has 0 unspecified atom stereocenters. The van der Waals surface area contributed by atoms with Gasteiger partial charge in [-0.3, -0.25) is 9.59 Å². The number of aromatic nitrogens is 6. The quantitative estimate of drug-likeness (QED) is 0.229. The van der Waals surface area contributed by atoms with E-state index in [1.165, 1.54) is 12.8 Å². The highest BCUT2D eigenvalue weighted by molar-refractivity contribution is 6.28. The maximum absolute atomic E-state index is 12.7. The predicted molar refractivity (Wildman–Crippen MR) is 173 cm³/mol. The second-order valence-electron chi connectivity index (χ2n) is 14.6. The van der Waals surface area contributed by atoms with Crippen molar-refractivity contribution in [2.45, 2.75) is 107 Å². The number of rotatable bonds is 2. The van der Waals surface area contributed by atoms with Gasteiger partial charge in [-0.05, 0) is 111 Å². The third kappa shape index (κ3) is 4.52. The van der Waals surface area contributed by atoms with E-state index < -0.39 is 0 Å². The van der Waals surface area contributed by atoms with Crippen molar-refractivity contribution in [1.29, 1.82) is 0 Å². The average molecular weight is 651 g/mol. The van der Waals surface area contributed by atoms with Gasteiger partial charge in [-0.2, -0.15) is 4.98 Å². The van der Waals surface area contributed by atoms with E-state index in [2.05, 4.69) is 35.6 Å². The van der Waals surface area contributed by atoms with Crippen LogP contribution in [0.3, 0.4) is 0 Å². The third-order valence-electron chi connectivity index (χ3n) is 11.3. The molecular weight excluding hydrogens is 616 g/mol. The van der Waals surface area contributed by atoms with Gasteiger partial charge in [0.15, 0.2) is 0 Å². The fourth-order valence-corrected chi connectivity index (χ4v) is 8.63. The number of ether oxygens (including phenoxy) is 1. The standard InChI is InChI=1S/C20H22N4O2.C15H13ClN4O/c25-18-15-13-6-5-11-10-21-19(26-12-3-1-2-4-12)23-16(11)17(13)22-14(15)9-20(24-18)7-8-20;16-14-17-6-7-1-2-8-10-9(18-12(8)11(7)19-14)5-15(3-4-15)20-13(10)21/h10,12,22H,1-9H2,(H,24,25);6,18H,1-5H2,(H,20,21). The highest BCUT2D eigenvalue weighted by Gasteiger charge is 2.50. The molecule has 240 valence electrons. The summed E-state index contributed by atoms with van der Waals surface area (Å²) in [5, 5.41) is 6.65. The fraction of sp³-hybridized carbons (Fsp3) is 0.486. The maximum Gasteiger partial charge on any atom is 0.317 e. The van der Waals surface area contributed by atoms with Gasteiger partial charge in [-0.15, -0.1) is 0 Å². The van der Waals surface area contributed by atoms with Crippen molar-refractivity contribution in [3.63, 3.8) is 0 Å². The molecule has 6 heterocycles. The molecule has 7 aliphatic rings. The van der Waals surface area contributed by atoms with Crippen molar-refractivity contribution >= 4 is 23.4 Å². The highest BCUT2D eigenvalue weighted by Crippen LogP contribution is 2.46. The molecule has 11 rings (SSSR count). The molecule has 11 nitrogen and oxygen atoms in total. The molecule has 0 bridgehead atoms. The molecule has 2 aliphatic heterocycles. The second-order valence-corrected chi connectivity index (χ2v) is 14.9. The molecule has 0 aromatic carbocycles. The minimum absolute atomic E-state index is 0.0166. The number of H-pyrrole nitrogens is 2. The first-order valence-electron chi connectivity index (χ1n) is 17.0. The SMILES string of the molecule is O=C1NC2(CC2)Cc2[nH]c3c(c21)CCc1cnc(Cl)nc1-3.O=C1NC2(CC2)Cc2[nH]c3c(c21)CCc1cnc(OC2CCCC2)nc1-3. The number of aryl methyl sites for hydroxylation is 2. The summed E-state index contributed by atoms with van der Waals surface area (Å²) in [6.07, 6.45) is 18.1. The van der Waals surface area contributed by atoms with Crippen LogP contribution in [0.1, 0.15) is 106 Å². The van der Waals surface area contributed by atoms with Crippen molar-refractivity contribution in [2.24, 2.45) is 0 Å². The predicted octanol–water partition coefficient (Wildman–Crippen LogP) is 4.75. The number of nitrogens with one attached hydrogen (secondary N) is 4. The molecule has 5 aliphatic carbocycles. The van der Waals surface area contributed by atoms with E-state index in [1.807, 2.05) is 6.20 Å². The van der Waals surface area contributed by atoms with Crippen LogP contribution in [0.2, 0.25) is 5.28 Å². The molecule has 4 N–H and O–H groups in total. The summed E-state index contributed by atoms with van der Waals surface area (Å²) in [7, 11) is 0. The average Bonchev–Trinajstić information content (AvgIpc) is 3.75. The first-order chi connectivity index (χ1) is 22.9. The van der Waals surface area contributed by atoms with Gasteiger partial charge in [0.2, 0.25) is 5.28 Å². The highest BCUT2D eigenvalue weighted by atomic mass is 35.5. The summed E-state index contributed by atoms with van der Waals surface area (Å²) < 4.78 is 6.01. The number of aromatic amines is 2. The summed E-state index contributed by atoms with van der Waals surface area (Å²) in [5.41, 5.74) is 12.0. The summed E-state index contributed by atoms with van der Waals surface area (Å²) in [5.74, 6) is 0.149. The van der Waals surface area contributed by atoms with Crippen LogP contribution in [0.5, 0.6) is 6.01 Å². The fourth-order valence-electron chi connectivity index (χ4n) is 8.49. The Morgan fingerprint density at radius 2 is 1.26 bits per heavy atom. The van der Waals surface area contributed by atoms with Crippen molar-refractivity contribution in [3.05, 3.63) is 62.4 Å². The van der Waals surface area contributed by atoms with Gasteiger partial charge < -0.3 is 25.3 Å². The van der Waals surface area contributed by atoms with E-state index in [4.69, 9.17) is 21.3 Å². The van der Waals surface area contributed by atoms with Gasteiger partial charge in [0, 0.05) is 47.7 Å². The van der Waals surface area contributed by atoms with E-state index in [1.54, 1.807) is 6.20 Å². The Morgan fingerprint density at radius 1 is 0.723 bits per heavy atom. The Kier molecular flexibility index (Phi) is 5.85. The zero-order valence-electron chi connectivity index (χ0n) is 26.0. The Hall–Kier alpha value is -4.25. The molecule has 2 spiro atoms. The number of carbonyl (C=O) groups is 2. The van der Waals surface area contributed by atoms with Gasteiger partial charge in [0.25, 0.3) is 11.8 Å². The molecule has 12 heteroatoms. The molecule has 0 atom stereocenters. The number of carbonyl (C=O) groups excluding carboxylic acids is 2. The molecule has 47 heavy (non-hydrogen) atoms. The topological polar surface area (TPSA) is 151 Å². The molecule has 3 saturated carbocycles. The van der Waals surface area contributed by atoms with Gasteiger partial charge >= 0.3 is 6.01 Å². The molecule has 4 aromatic heterocycles. The van der Waals surface area contributed by atoms with Gasteiger partial charge in [-0.25, -0.2) is 15.0 Å². The summed E-state index contributed by atoms with van der Waals surface area (Å²) in [4.78, 5) is 49.8. The normalized spacial score (nSPS) is 21.6. The van der Waals surface area contributed by atoms with Crippen molar-refractivity contribution < 1.29 is 14.3 Å². The van der Waals surface area contributed by atoms with Crippen LogP contribution >= 0.6 is 11.6 Å².